The molecule has 0 aliphatic heterocycles. The normalized spacial score (nSPS) is 10.5. The Hall–Kier alpha value is -2.41. The molecule has 7 heteroatoms. The Bertz CT molecular complexity index is 747. The van der Waals surface area contributed by atoms with E-state index >= 15 is 0 Å². The largest absolute Gasteiger partial charge is 0.465 e. The molecule has 128 valence electrons. The number of methoxy groups -OCH3 is 1. The van der Waals surface area contributed by atoms with E-state index in [0.29, 0.717) is 23.5 Å². The highest BCUT2D eigenvalue weighted by molar-refractivity contribution is 7.09. The average molecular weight is 348 g/mol. The standard InChI is InChI=1S/C17H20N2O4S/c1-10-15(17(22)23-3)13(19-16(10)11(2)20)9-14(21)18-7-6-12-5-4-8-24-12/h4-5,8,19H,6-7,9H2,1-3H3,(H,18,21). The van der Waals surface area contributed by atoms with Crippen molar-refractivity contribution in [3.8, 4) is 0 Å². The molecular weight excluding hydrogens is 328 g/mol. The zero-order chi connectivity index (χ0) is 17.7. The number of ether oxygens (including phenoxy) is 1. The Kier molecular flexibility index (Phi) is 5.92. The molecule has 6 nitrogen and oxygen atoms in total. The van der Waals surface area contributed by atoms with Gasteiger partial charge >= 0.3 is 5.97 Å². The molecule has 0 unspecified atom stereocenters. The van der Waals surface area contributed by atoms with Crippen molar-refractivity contribution in [2.75, 3.05) is 13.7 Å². The van der Waals surface area contributed by atoms with Gasteiger partial charge in [-0.1, -0.05) is 6.07 Å². The van der Waals surface area contributed by atoms with Crippen LogP contribution < -0.4 is 5.32 Å². The minimum Gasteiger partial charge on any atom is -0.465 e. The Morgan fingerprint density at radius 1 is 1.33 bits per heavy atom. The molecule has 0 aliphatic carbocycles. The average Bonchev–Trinajstić information content (AvgIpc) is 3.15. The number of nitrogens with one attached hydrogen (secondary N) is 2. The van der Waals surface area contributed by atoms with Crippen LogP contribution in [0, 0.1) is 6.92 Å². The van der Waals surface area contributed by atoms with Crippen LogP contribution in [0.5, 0.6) is 0 Å². The maximum absolute atomic E-state index is 12.1. The van der Waals surface area contributed by atoms with Crippen LogP contribution in [-0.4, -0.2) is 36.3 Å². The SMILES string of the molecule is COC(=O)c1c(CC(=O)NCCc2cccs2)[nH]c(C(C)=O)c1C. The first-order chi connectivity index (χ1) is 11.4. The second-order valence-corrected chi connectivity index (χ2v) is 6.41. The van der Waals surface area contributed by atoms with E-state index in [1.807, 2.05) is 17.5 Å². The van der Waals surface area contributed by atoms with Crippen molar-refractivity contribution in [1.82, 2.24) is 10.3 Å². The van der Waals surface area contributed by atoms with Gasteiger partial charge in [-0.05, 0) is 30.4 Å². The van der Waals surface area contributed by atoms with Crippen molar-refractivity contribution in [1.29, 1.82) is 0 Å². The molecular formula is C17H20N2O4S. The molecule has 2 rings (SSSR count). The van der Waals surface area contributed by atoms with E-state index < -0.39 is 5.97 Å². The smallest absolute Gasteiger partial charge is 0.339 e. The summed E-state index contributed by atoms with van der Waals surface area (Å²) in [7, 11) is 1.27. The third-order valence-corrected chi connectivity index (χ3v) is 4.62. The molecule has 0 saturated heterocycles. The molecule has 2 heterocycles. The summed E-state index contributed by atoms with van der Waals surface area (Å²) >= 11 is 1.64. The highest BCUT2D eigenvalue weighted by atomic mass is 32.1. The molecule has 0 bridgehead atoms. The third kappa shape index (κ3) is 4.11. The molecule has 2 N–H and O–H groups in total. The van der Waals surface area contributed by atoms with Crippen LogP contribution in [0.15, 0.2) is 17.5 Å². The highest BCUT2D eigenvalue weighted by Gasteiger charge is 2.24. The van der Waals surface area contributed by atoms with Crippen LogP contribution in [0.25, 0.3) is 0 Å². The second kappa shape index (κ2) is 7.92. The number of hydrogen-bond donors (Lipinski definition) is 2. The van der Waals surface area contributed by atoms with Gasteiger partial charge in [0.2, 0.25) is 5.91 Å². The van der Waals surface area contributed by atoms with Crippen molar-refractivity contribution >= 4 is 29.0 Å². The van der Waals surface area contributed by atoms with Crippen molar-refractivity contribution in [3.05, 3.63) is 44.9 Å². The minimum absolute atomic E-state index is 0.0109. The monoisotopic (exact) mass is 348 g/mol. The fourth-order valence-electron chi connectivity index (χ4n) is 2.52. The van der Waals surface area contributed by atoms with Crippen LogP contribution in [-0.2, 0) is 22.4 Å². The number of hydrogen-bond acceptors (Lipinski definition) is 5. The summed E-state index contributed by atoms with van der Waals surface area (Å²) in [6.45, 7) is 3.59. The van der Waals surface area contributed by atoms with Crippen molar-refractivity contribution in [2.45, 2.75) is 26.7 Å². The first kappa shape index (κ1) is 17.9. The van der Waals surface area contributed by atoms with Gasteiger partial charge < -0.3 is 15.0 Å². The predicted octanol–water partition coefficient (Wildman–Crippen LogP) is 2.28. The van der Waals surface area contributed by atoms with Gasteiger partial charge in [0.05, 0.1) is 24.8 Å². The highest BCUT2D eigenvalue weighted by Crippen LogP contribution is 2.20. The third-order valence-electron chi connectivity index (χ3n) is 3.68. The quantitative estimate of drug-likeness (QED) is 0.593. The number of ketones is 1. The zero-order valence-electron chi connectivity index (χ0n) is 13.9. The van der Waals surface area contributed by atoms with Crippen LogP contribution >= 0.6 is 11.3 Å². The Labute approximate surface area is 144 Å². The number of carbonyl (C=O) groups is 3. The van der Waals surface area contributed by atoms with Gasteiger partial charge in [-0.2, -0.15) is 0 Å². The maximum atomic E-state index is 12.1. The van der Waals surface area contributed by atoms with Crippen LogP contribution in [0.1, 0.15) is 43.9 Å². The van der Waals surface area contributed by atoms with Gasteiger partial charge in [0.1, 0.15) is 0 Å². The first-order valence-corrected chi connectivity index (χ1v) is 8.41. The number of rotatable bonds is 7. The molecule has 1 amide bonds. The van der Waals surface area contributed by atoms with Gasteiger partial charge in [0, 0.05) is 24.0 Å². The van der Waals surface area contributed by atoms with E-state index in [9.17, 15) is 14.4 Å². The number of H-pyrrole nitrogens is 1. The topological polar surface area (TPSA) is 88.3 Å². The second-order valence-electron chi connectivity index (χ2n) is 5.38. The number of Topliss-reactive ketones (excluding diaryl/α,β-unsaturated/α-hetero) is 1. The number of amides is 1. The van der Waals surface area contributed by atoms with Gasteiger partial charge in [-0.15, -0.1) is 11.3 Å². The molecule has 0 saturated carbocycles. The van der Waals surface area contributed by atoms with E-state index in [2.05, 4.69) is 10.3 Å². The van der Waals surface area contributed by atoms with Crippen molar-refractivity contribution in [2.24, 2.45) is 0 Å². The van der Waals surface area contributed by atoms with Crippen molar-refractivity contribution in [3.63, 3.8) is 0 Å². The summed E-state index contributed by atoms with van der Waals surface area (Å²) in [5.41, 5.74) is 1.50. The lowest BCUT2D eigenvalue weighted by Crippen LogP contribution is -2.27. The number of thiophene rings is 1. The summed E-state index contributed by atoms with van der Waals surface area (Å²) in [4.78, 5) is 39.8. The van der Waals surface area contributed by atoms with Crippen LogP contribution in [0.2, 0.25) is 0 Å². The fraction of sp³-hybridized carbons (Fsp3) is 0.353. The van der Waals surface area contributed by atoms with Gasteiger partial charge in [0.25, 0.3) is 0 Å². The van der Waals surface area contributed by atoms with E-state index in [1.54, 1.807) is 18.3 Å². The molecule has 0 aromatic carbocycles. The number of aromatic nitrogens is 1. The zero-order valence-corrected chi connectivity index (χ0v) is 14.7. The van der Waals surface area contributed by atoms with Gasteiger partial charge in [-0.3, -0.25) is 9.59 Å². The Balaban J connectivity index is 2.07. The molecule has 0 radical (unpaired) electrons. The molecule has 2 aromatic heterocycles. The molecule has 2 aromatic rings. The van der Waals surface area contributed by atoms with E-state index in [1.165, 1.54) is 18.9 Å². The Morgan fingerprint density at radius 3 is 2.67 bits per heavy atom. The summed E-state index contributed by atoms with van der Waals surface area (Å²) < 4.78 is 4.76. The summed E-state index contributed by atoms with van der Waals surface area (Å²) in [5.74, 6) is -0.965. The van der Waals surface area contributed by atoms with E-state index in [0.717, 1.165) is 6.42 Å². The van der Waals surface area contributed by atoms with Crippen LogP contribution in [0.4, 0.5) is 0 Å². The lowest BCUT2D eigenvalue weighted by atomic mass is 10.1. The number of esters is 1. The number of aromatic amines is 1. The Morgan fingerprint density at radius 2 is 2.08 bits per heavy atom. The predicted molar refractivity (Wildman–Crippen MR) is 91.6 cm³/mol. The van der Waals surface area contributed by atoms with Crippen LogP contribution in [0.3, 0.4) is 0 Å². The molecule has 0 aliphatic rings. The summed E-state index contributed by atoms with van der Waals surface area (Å²) in [6, 6.07) is 3.98. The molecule has 0 fully saturated rings. The lowest BCUT2D eigenvalue weighted by Gasteiger charge is -2.05. The van der Waals surface area contributed by atoms with E-state index in [-0.39, 0.29) is 23.7 Å². The molecule has 0 atom stereocenters. The molecule has 24 heavy (non-hydrogen) atoms. The van der Waals surface area contributed by atoms with Gasteiger partial charge in [-0.25, -0.2) is 4.79 Å². The fourth-order valence-corrected chi connectivity index (χ4v) is 3.23. The summed E-state index contributed by atoms with van der Waals surface area (Å²) in [5, 5.41) is 4.81. The first-order valence-electron chi connectivity index (χ1n) is 7.53. The lowest BCUT2D eigenvalue weighted by molar-refractivity contribution is -0.120. The molecule has 0 spiro atoms. The van der Waals surface area contributed by atoms with Gasteiger partial charge in [0.15, 0.2) is 5.78 Å². The summed E-state index contributed by atoms with van der Waals surface area (Å²) in [6.07, 6.45) is 0.749. The maximum Gasteiger partial charge on any atom is 0.339 e. The van der Waals surface area contributed by atoms with E-state index in [4.69, 9.17) is 4.74 Å². The minimum atomic E-state index is -0.558. The van der Waals surface area contributed by atoms with Crippen molar-refractivity contribution < 1.29 is 19.1 Å². The number of carbonyl (C=O) groups excluding carboxylic acids is 3.